The molecule has 24 heavy (non-hydrogen) atoms. The van der Waals surface area contributed by atoms with E-state index in [2.05, 4.69) is 10.2 Å². The Labute approximate surface area is 149 Å². The minimum Gasteiger partial charge on any atom is -0.467 e. The van der Waals surface area contributed by atoms with E-state index in [0.717, 1.165) is 26.2 Å². The second kappa shape index (κ2) is 8.29. The highest BCUT2D eigenvalue weighted by Crippen LogP contribution is 2.42. The normalized spacial score (nSPS) is 17.3. The third kappa shape index (κ3) is 4.69. The molecule has 1 fully saturated rings. The molecule has 0 amide bonds. The second-order valence-corrected chi connectivity index (χ2v) is 6.40. The largest absolute Gasteiger partial charge is 0.467 e. The van der Waals surface area contributed by atoms with Crippen LogP contribution in [0.25, 0.3) is 0 Å². The average Bonchev–Trinajstić information content (AvgIpc) is 3.03. The summed E-state index contributed by atoms with van der Waals surface area (Å²) < 4.78 is 44.2. The summed E-state index contributed by atoms with van der Waals surface area (Å²) in [5.74, 6) is 0.669. The van der Waals surface area contributed by atoms with Crippen molar-refractivity contribution in [1.82, 2.24) is 10.2 Å². The van der Waals surface area contributed by atoms with E-state index in [0.29, 0.717) is 11.3 Å². The smallest absolute Gasteiger partial charge is 0.446 e. The topological polar surface area (TPSA) is 28.4 Å². The summed E-state index contributed by atoms with van der Waals surface area (Å²) >= 11 is -0.0670. The molecule has 1 aliphatic heterocycles. The standard InChI is InChI=1S/C16H17F3N2OS.ClH/c17-16(18,19)23-14-6-2-1-4-12(14)15(13-5-3-11-22-13)21-9-7-20-8-10-21;/h1-6,11,15,20H,7-10H2;1H/t15-;/m1./s1. The van der Waals surface area contributed by atoms with E-state index in [9.17, 15) is 13.2 Å². The fraction of sp³-hybridized carbons (Fsp3) is 0.375. The number of nitrogens with one attached hydrogen (secondary N) is 1. The monoisotopic (exact) mass is 378 g/mol. The van der Waals surface area contributed by atoms with E-state index in [1.54, 1.807) is 30.5 Å². The van der Waals surface area contributed by atoms with E-state index in [4.69, 9.17) is 4.42 Å². The fourth-order valence-corrected chi connectivity index (χ4v) is 3.53. The fourth-order valence-electron chi connectivity index (χ4n) is 2.84. The van der Waals surface area contributed by atoms with Crippen LogP contribution in [-0.4, -0.2) is 36.6 Å². The first kappa shape index (κ1) is 19.2. The van der Waals surface area contributed by atoms with Crippen LogP contribution >= 0.6 is 24.2 Å². The zero-order valence-electron chi connectivity index (χ0n) is 12.8. The highest BCUT2D eigenvalue weighted by atomic mass is 35.5. The van der Waals surface area contributed by atoms with Crippen LogP contribution in [0, 0.1) is 0 Å². The summed E-state index contributed by atoms with van der Waals surface area (Å²) in [6.45, 7) is 3.14. The Kier molecular flexibility index (Phi) is 6.62. The Balaban J connectivity index is 0.00000208. The van der Waals surface area contributed by atoms with Crippen LogP contribution in [0.5, 0.6) is 0 Å². The number of benzene rings is 1. The maximum atomic E-state index is 12.9. The van der Waals surface area contributed by atoms with Gasteiger partial charge in [-0.2, -0.15) is 13.2 Å². The number of rotatable bonds is 4. The van der Waals surface area contributed by atoms with Crippen LogP contribution in [-0.2, 0) is 0 Å². The number of furan rings is 1. The molecule has 1 saturated heterocycles. The van der Waals surface area contributed by atoms with Crippen LogP contribution in [0.15, 0.2) is 52.0 Å². The van der Waals surface area contributed by atoms with E-state index in [1.807, 2.05) is 6.07 Å². The Bertz CT molecular complexity index is 631. The molecule has 1 N–H and O–H groups in total. The molecule has 3 rings (SSSR count). The quantitative estimate of drug-likeness (QED) is 0.803. The molecule has 0 aliphatic carbocycles. The molecule has 0 unspecified atom stereocenters. The Morgan fingerprint density at radius 1 is 1.08 bits per heavy atom. The second-order valence-electron chi connectivity index (χ2n) is 5.29. The third-order valence-corrected chi connectivity index (χ3v) is 4.59. The number of halogens is 4. The van der Waals surface area contributed by atoms with Gasteiger partial charge >= 0.3 is 5.51 Å². The van der Waals surface area contributed by atoms with Crippen molar-refractivity contribution in [3.05, 3.63) is 54.0 Å². The van der Waals surface area contributed by atoms with Crippen LogP contribution in [0.4, 0.5) is 13.2 Å². The minimum atomic E-state index is -4.31. The lowest BCUT2D eigenvalue weighted by atomic mass is 10.0. The molecule has 0 radical (unpaired) electrons. The molecule has 0 saturated carbocycles. The molecule has 0 spiro atoms. The van der Waals surface area contributed by atoms with Crippen molar-refractivity contribution in [2.24, 2.45) is 0 Å². The predicted octanol–water partition coefficient (Wildman–Crippen LogP) is 4.31. The van der Waals surface area contributed by atoms with Crippen molar-refractivity contribution in [3.8, 4) is 0 Å². The molecule has 1 aliphatic rings. The SMILES string of the molecule is Cl.FC(F)(F)Sc1ccccc1[C@H](c1ccco1)N1CCNCC1. The highest BCUT2D eigenvalue weighted by Gasteiger charge is 2.34. The molecule has 132 valence electrons. The van der Waals surface area contributed by atoms with E-state index in [-0.39, 0.29) is 35.1 Å². The number of alkyl halides is 3. The van der Waals surface area contributed by atoms with E-state index in [1.165, 1.54) is 6.07 Å². The maximum Gasteiger partial charge on any atom is 0.446 e. The number of hydrogen-bond acceptors (Lipinski definition) is 4. The summed E-state index contributed by atoms with van der Waals surface area (Å²) in [5.41, 5.74) is -3.68. The van der Waals surface area contributed by atoms with Gasteiger partial charge in [0.05, 0.1) is 12.3 Å². The predicted molar refractivity (Wildman–Crippen MR) is 90.6 cm³/mol. The van der Waals surface area contributed by atoms with Crippen molar-refractivity contribution in [2.45, 2.75) is 16.4 Å². The molecular formula is C16H18ClF3N2OS. The molecule has 2 heterocycles. The number of nitrogens with zero attached hydrogens (tertiary/aromatic N) is 1. The van der Waals surface area contributed by atoms with Crippen molar-refractivity contribution in [1.29, 1.82) is 0 Å². The lowest BCUT2D eigenvalue weighted by molar-refractivity contribution is -0.0328. The first-order valence-electron chi connectivity index (χ1n) is 7.37. The van der Waals surface area contributed by atoms with Crippen molar-refractivity contribution >= 4 is 24.2 Å². The van der Waals surface area contributed by atoms with Gasteiger partial charge in [0.2, 0.25) is 0 Å². The van der Waals surface area contributed by atoms with Crippen molar-refractivity contribution < 1.29 is 17.6 Å². The van der Waals surface area contributed by atoms with Gasteiger partial charge in [0.15, 0.2) is 0 Å². The number of thioether (sulfide) groups is 1. The Morgan fingerprint density at radius 2 is 1.79 bits per heavy atom. The molecule has 2 aromatic rings. The van der Waals surface area contributed by atoms with Gasteiger partial charge < -0.3 is 9.73 Å². The van der Waals surface area contributed by atoms with Gasteiger partial charge in [-0.25, -0.2) is 0 Å². The van der Waals surface area contributed by atoms with Crippen LogP contribution in [0.3, 0.4) is 0 Å². The molecule has 8 heteroatoms. The Morgan fingerprint density at radius 3 is 2.42 bits per heavy atom. The van der Waals surface area contributed by atoms with Gasteiger partial charge in [0, 0.05) is 31.1 Å². The van der Waals surface area contributed by atoms with E-state index >= 15 is 0 Å². The average molecular weight is 379 g/mol. The molecular weight excluding hydrogens is 361 g/mol. The van der Waals surface area contributed by atoms with Crippen LogP contribution in [0.1, 0.15) is 17.4 Å². The summed E-state index contributed by atoms with van der Waals surface area (Å²) in [6, 6.07) is 9.96. The van der Waals surface area contributed by atoms with Gasteiger partial charge in [-0.1, -0.05) is 18.2 Å². The molecule has 1 atom stereocenters. The summed E-state index contributed by atoms with van der Waals surface area (Å²) in [6.07, 6.45) is 1.56. The van der Waals surface area contributed by atoms with Gasteiger partial charge in [-0.05, 0) is 35.5 Å². The molecule has 0 bridgehead atoms. The lowest BCUT2D eigenvalue weighted by Crippen LogP contribution is -2.45. The van der Waals surface area contributed by atoms with Gasteiger partial charge in [-0.15, -0.1) is 12.4 Å². The third-order valence-electron chi connectivity index (χ3n) is 3.77. The zero-order valence-corrected chi connectivity index (χ0v) is 14.4. The molecule has 1 aromatic heterocycles. The van der Waals surface area contributed by atoms with E-state index < -0.39 is 5.51 Å². The van der Waals surface area contributed by atoms with Gasteiger partial charge in [-0.3, -0.25) is 4.90 Å². The van der Waals surface area contributed by atoms with Crippen molar-refractivity contribution in [2.75, 3.05) is 26.2 Å². The molecule has 1 aromatic carbocycles. The van der Waals surface area contributed by atoms with Crippen LogP contribution in [0.2, 0.25) is 0 Å². The van der Waals surface area contributed by atoms with Gasteiger partial charge in [0.25, 0.3) is 0 Å². The summed E-state index contributed by atoms with van der Waals surface area (Å²) in [4.78, 5) is 2.38. The van der Waals surface area contributed by atoms with Crippen LogP contribution < -0.4 is 5.32 Å². The number of hydrogen-bond donors (Lipinski definition) is 1. The summed E-state index contributed by atoms with van der Waals surface area (Å²) in [7, 11) is 0. The number of piperazine rings is 1. The first-order chi connectivity index (χ1) is 11.0. The summed E-state index contributed by atoms with van der Waals surface area (Å²) in [5, 5.41) is 3.26. The molecule has 3 nitrogen and oxygen atoms in total. The van der Waals surface area contributed by atoms with Crippen molar-refractivity contribution in [3.63, 3.8) is 0 Å². The first-order valence-corrected chi connectivity index (χ1v) is 8.19. The zero-order chi connectivity index (χ0) is 16.3. The lowest BCUT2D eigenvalue weighted by Gasteiger charge is -2.34. The minimum absolute atomic E-state index is 0. The maximum absolute atomic E-state index is 12.9. The highest BCUT2D eigenvalue weighted by molar-refractivity contribution is 8.00. The Hall–Kier alpha value is -1.15. The van der Waals surface area contributed by atoms with Gasteiger partial charge in [0.1, 0.15) is 5.76 Å².